The number of hydrogen-bond acceptors (Lipinski definition) is 6. The van der Waals surface area contributed by atoms with E-state index in [9.17, 15) is 4.79 Å². The molecule has 1 aromatic rings. The highest BCUT2D eigenvalue weighted by atomic mass is 32.2. The fourth-order valence-electron chi connectivity index (χ4n) is 3.21. The van der Waals surface area contributed by atoms with E-state index < -0.39 is 0 Å². The first-order chi connectivity index (χ1) is 10.2. The third-order valence-electron chi connectivity index (χ3n) is 4.17. The van der Waals surface area contributed by atoms with Gasteiger partial charge in [0, 0.05) is 6.92 Å². The maximum atomic E-state index is 12.0. The molecule has 1 atom stereocenters. The van der Waals surface area contributed by atoms with Gasteiger partial charge in [0.15, 0.2) is 0 Å². The molecule has 7 heteroatoms. The van der Waals surface area contributed by atoms with E-state index in [4.69, 9.17) is 9.15 Å². The van der Waals surface area contributed by atoms with Crippen molar-refractivity contribution in [2.24, 2.45) is 0 Å². The number of carbonyl (C=O) groups excluding carboxylic acids is 1. The molecular weight excluding hydrogens is 290 g/mol. The van der Waals surface area contributed by atoms with Gasteiger partial charge in [0.25, 0.3) is 5.22 Å². The molecule has 1 saturated heterocycles. The Labute approximate surface area is 128 Å². The number of ether oxygens (including phenoxy) is 1. The molecule has 1 aliphatic carbocycles. The fraction of sp³-hybridized carbons (Fsp3) is 0.786. The summed E-state index contributed by atoms with van der Waals surface area (Å²) in [6.07, 6.45) is 7.01. The first-order valence-corrected chi connectivity index (χ1v) is 8.50. The first-order valence-electron chi connectivity index (χ1n) is 7.51. The van der Waals surface area contributed by atoms with E-state index in [-0.39, 0.29) is 17.6 Å². The predicted molar refractivity (Wildman–Crippen MR) is 78.1 cm³/mol. The molecule has 0 radical (unpaired) electrons. The molecule has 2 fully saturated rings. The zero-order chi connectivity index (χ0) is 14.7. The third-order valence-corrected chi connectivity index (χ3v) is 4.99. The smallest absolute Gasteiger partial charge is 0.277 e. The highest BCUT2D eigenvalue weighted by molar-refractivity contribution is 7.99. The number of carbonyl (C=O) groups is 1. The molecule has 1 N–H and O–H groups in total. The average molecular weight is 311 g/mol. The standard InChI is InChI=1S/C14H21N3O3S/c1-10-16-17-13(20-10)21-9-12(18)15-11-7-14(19-8-11)5-3-2-4-6-14/h11H,2-9H2,1H3,(H,15,18)/t11-/m0/s1. The number of nitrogens with one attached hydrogen (secondary N) is 1. The molecule has 1 aliphatic heterocycles. The lowest BCUT2D eigenvalue weighted by atomic mass is 9.82. The second kappa shape index (κ2) is 6.36. The third kappa shape index (κ3) is 3.77. The van der Waals surface area contributed by atoms with Crippen molar-refractivity contribution in [1.82, 2.24) is 15.5 Å². The van der Waals surface area contributed by atoms with Gasteiger partial charge in [-0.2, -0.15) is 0 Å². The Hall–Kier alpha value is -1.08. The topological polar surface area (TPSA) is 77.2 Å². The molecule has 0 aromatic carbocycles. The van der Waals surface area contributed by atoms with Crippen molar-refractivity contribution >= 4 is 17.7 Å². The molecule has 0 bridgehead atoms. The van der Waals surface area contributed by atoms with Gasteiger partial charge in [-0.1, -0.05) is 31.0 Å². The van der Waals surface area contributed by atoms with Crippen molar-refractivity contribution in [1.29, 1.82) is 0 Å². The lowest BCUT2D eigenvalue weighted by Gasteiger charge is -2.32. The van der Waals surface area contributed by atoms with Crippen LogP contribution in [0.5, 0.6) is 0 Å². The van der Waals surface area contributed by atoms with Crippen LogP contribution in [0, 0.1) is 6.92 Å². The largest absolute Gasteiger partial charge is 0.416 e. The molecule has 116 valence electrons. The van der Waals surface area contributed by atoms with E-state index in [1.54, 1.807) is 6.92 Å². The first kappa shape index (κ1) is 14.8. The summed E-state index contributed by atoms with van der Waals surface area (Å²) < 4.78 is 11.2. The van der Waals surface area contributed by atoms with E-state index in [1.807, 2.05) is 0 Å². The second-order valence-electron chi connectivity index (χ2n) is 5.90. The van der Waals surface area contributed by atoms with Crippen molar-refractivity contribution in [3.63, 3.8) is 0 Å². The minimum Gasteiger partial charge on any atom is -0.416 e. The number of rotatable bonds is 4. The summed E-state index contributed by atoms with van der Waals surface area (Å²) in [5.41, 5.74) is 0.0347. The summed E-state index contributed by atoms with van der Waals surface area (Å²) in [6, 6.07) is 0.139. The molecule has 1 amide bonds. The number of aromatic nitrogens is 2. The van der Waals surface area contributed by atoms with Crippen LogP contribution in [0.3, 0.4) is 0 Å². The van der Waals surface area contributed by atoms with Crippen molar-refractivity contribution in [3.8, 4) is 0 Å². The fourth-order valence-corrected chi connectivity index (χ4v) is 3.83. The van der Waals surface area contributed by atoms with Crippen LogP contribution < -0.4 is 5.32 Å². The number of aryl methyl sites for hydroxylation is 1. The minimum atomic E-state index is -0.00249. The molecular formula is C14H21N3O3S. The van der Waals surface area contributed by atoms with Gasteiger partial charge in [0.1, 0.15) is 0 Å². The summed E-state index contributed by atoms with van der Waals surface area (Å²) in [4.78, 5) is 12.0. The van der Waals surface area contributed by atoms with Gasteiger partial charge >= 0.3 is 0 Å². The number of amides is 1. The van der Waals surface area contributed by atoms with E-state index in [0.29, 0.717) is 23.5 Å². The molecule has 2 heterocycles. The Morgan fingerprint density at radius 3 is 2.90 bits per heavy atom. The molecule has 21 heavy (non-hydrogen) atoms. The SMILES string of the molecule is Cc1nnc(SCC(=O)N[C@@H]2COC3(CCCCC3)C2)o1. The van der Waals surface area contributed by atoms with Crippen molar-refractivity contribution in [3.05, 3.63) is 5.89 Å². The van der Waals surface area contributed by atoms with Gasteiger partial charge in [0.05, 0.1) is 24.0 Å². The molecule has 1 saturated carbocycles. The van der Waals surface area contributed by atoms with E-state index in [2.05, 4.69) is 15.5 Å². The van der Waals surface area contributed by atoms with Gasteiger partial charge in [-0.05, 0) is 19.3 Å². The maximum Gasteiger partial charge on any atom is 0.277 e. The number of nitrogens with zero attached hydrogens (tertiary/aromatic N) is 2. The second-order valence-corrected chi connectivity index (χ2v) is 6.83. The highest BCUT2D eigenvalue weighted by Crippen LogP contribution is 2.39. The van der Waals surface area contributed by atoms with Crippen LogP contribution in [0.4, 0.5) is 0 Å². The normalized spacial score (nSPS) is 24.3. The molecule has 6 nitrogen and oxygen atoms in total. The Morgan fingerprint density at radius 2 is 2.19 bits per heavy atom. The van der Waals surface area contributed by atoms with Gasteiger partial charge in [-0.3, -0.25) is 4.79 Å². The van der Waals surface area contributed by atoms with Crippen molar-refractivity contribution < 1.29 is 13.9 Å². The summed E-state index contributed by atoms with van der Waals surface area (Å²) in [5, 5.41) is 11.1. The lowest BCUT2D eigenvalue weighted by molar-refractivity contribution is -0.119. The van der Waals surface area contributed by atoms with Crippen LogP contribution in [-0.4, -0.2) is 40.1 Å². The van der Waals surface area contributed by atoms with Crippen LogP contribution >= 0.6 is 11.8 Å². The Morgan fingerprint density at radius 1 is 1.38 bits per heavy atom. The quantitative estimate of drug-likeness (QED) is 0.858. The number of thioether (sulfide) groups is 1. The van der Waals surface area contributed by atoms with Crippen LogP contribution in [0.25, 0.3) is 0 Å². The Kier molecular flexibility index (Phi) is 4.49. The van der Waals surface area contributed by atoms with Gasteiger partial charge in [-0.15, -0.1) is 10.2 Å². The van der Waals surface area contributed by atoms with Crippen LogP contribution in [0.15, 0.2) is 9.64 Å². The maximum absolute atomic E-state index is 12.0. The van der Waals surface area contributed by atoms with Crippen LogP contribution in [0.2, 0.25) is 0 Å². The average Bonchev–Trinajstić information content (AvgIpc) is 3.05. The molecule has 1 spiro atoms. The summed E-state index contributed by atoms with van der Waals surface area (Å²) >= 11 is 1.27. The monoisotopic (exact) mass is 311 g/mol. The lowest BCUT2D eigenvalue weighted by Crippen LogP contribution is -2.38. The van der Waals surface area contributed by atoms with Crippen LogP contribution in [-0.2, 0) is 9.53 Å². The van der Waals surface area contributed by atoms with E-state index in [1.165, 1.54) is 31.0 Å². The zero-order valence-corrected chi connectivity index (χ0v) is 13.1. The molecule has 2 aliphatic rings. The van der Waals surface area contributed by atoms with Crippen molar-refractivity contribution in [2.75, 3.05) is 12.4 Å². The van der Waals surface area contributed by atoms with Gasteiger partial charge in [-0.25, -0.2) is 0 Å². The Balaban J connectivity index is 1.43. The molecule has 3 rings (SSSR count). The summed E-state index contributed by atoms with van der Waals surface area (Å²) in [5.74, 6) is 0.809. The summed E-state index contributed by atoms with van der Waals surface area (Å²) in [7, 11) is 0. The molecule has 1 aromatic heterocycles. The van der Waals surface area contributed by atoms with Gasteiger partial charge < -0.3 is 14.5 Å². The van der Waals surface area contributed by atoms with Crippen LogP contribution in [0.1, 0.15) is 44.4 Å². The minimum absolute atomic E-state index is 0.00249. The predicted octanol–water partition coefficient (Wildman–Crippen LogP) is 2.08. The van der Waals surface area contributed by atoms with E-state index in [0.717, 1.165) is 19.3 Å². The highest BCUT2D eigenvalue weighted by Gasteiger charge is 2.41. The summed E-state index contributed by atoms with van der Waals surface area (Å²) in [6.45, 7) is 2.37. The van der Waals surface area contributed by atoms with Gasteiger partial charge in [0.2, 0.25) is 11.8 Å². The zero-order valence-electron chi connectivity index (χ0n) is 12.3. The Bertz CT molecular complexity index is 499. The van der Waals surface area contributed by atoms with E-state index >= 15 is 0 Å². The molecule has 0 unspecified atom stereocenters. The van der Waals surface area contributed by atoms with Crippen molar-refractivity contribution in [2.45, 2.75) is 62.3 Å². The number of hydrogen-bond donors (Lipinski definition) is 1.